The van der Waals surface area contributed by atoms with Crippen molar-refractivity contribution >= 4 is 28.5 Å². The highest BCUT2D eigenvalue weighted by Gasteiger charge is 2.29. The lowest BCUT2D eigenvalue weighted by atomic mass is 10.00. The molecule has 2 atom stereocenters. The third-order valence-corrected chi connectivity index (χ3v) is 4.72. The van der Waals surface area contributed by atoms with Crippen molar-refractivity contribution in [3.8, 4) is 0 Å². The molecular weight excluding hydrogens is 288 g/mol. The molecule has 1 aliphatic rings. The first-order chi connectivity index (χ1) is 10.0. The Bertz CT molecular complexity index is 669. The van der Waals surface area contributed by atoms with E-state index in [9.17, 15) is 0 Å². The van der Waals surface area contributed by atoms with E-state index in [1.54, 1.807) is 11.8 Å². The molecule has 3 rings (SSSR count). The highest BCUT2D eigenvalue weighted by atomic mass is 35.5. The maximum atomic E-state index is 6.47. The third kappa shape index (κ3) is 2.38. The number of ether oxygens (including phenoxy) is 1. The molecular formula is C15H21ClN4O. The van der Waals surface area contributed by atoms with Gasteiger partial charge in [-0.1, -0.05) is 11.6 Å². The number of piperidine rings is 1. The van der Waals surface area contributed by atoms with Crippen LogP contribution in [0.3, 0.4) is 0 Å². The Labute approximate surface area is 129 Å². The van der Waals surface area contributed by atoms with Crippen LogP contribution in [-0.4, -0.2) is 40.6 Å². The van der Waals surface area contributed by atoms with E-state index in [0.29, 0.717) is 11.1 Å². The molecule has 5 nitrogen and oxygen atoms in total. The molecule has 0 unspecified atom stereocenters. The van der Waals surface area contributed by atoms with Crippen molar-refractivity contribution in [3.63, 3.8) is 0 Å². The van der Waals surface area contributed by atoms with Gasteiger partial charge in [0.05, 0.1) is 28.2 Å². The zero-order valence-electron chi connectivity index (χ0n) is 12.9. The topological polar surface area (TPSA) is 43.2 Å². The Balaban J connectivity index is 2.06. The lowest BCUT2D eigenvalue weighted by Gasteiger charge is -2.39. The minimum absolute atomic E-state index is 0.239. The number of aryl methyl sites for hydroxylation is 2. The molecule has 0 radical (unpaired) electrons. The summed E-state index contributed by atoms with van der Waals surface area (Å²) >= 11 is 6.47. The minimum atomic E-state index is 0.239. The van der Waals surface area contributed by atoms with Gasteiger partial charge in [0.15, 0.2) is 5.65 Å². The van der Waals surface area contributed by atoms with Crippen LogP contribution in [0, 0.1) is 6.92 Å². The predicted molar refractivity (Wildman–Crippen MR) is 85.1 cm³/mol. The minimum Gasteiger partial charge on any atom is -0.379 e. The van der Waals surface area contributed by atoms with E-state index in [2.05, 4.69) is 16.9 Å². The number of anilines is 1. The first kappa shape index (κ1) is 14.6. The smallest absolute Gasteiger partial charge is 0.161 e. The molecule has 0 aromatic carbocycles. The number of aromatic nitrogens is 3. The van der Waals surface area contributed by atoms with E-state index in [1.807, 2.05) is 20.0 Å². The molecule has 0 aliphatic carbocycles. The van der Waals surface area contributed by atoms with Gasteiger partial charge in [-0.15, -0.1) is 0 Å². The van der Waals surface area contributed by atoms with Crippen LogP contribution in [0.1, 0.15) is 25.5 Å². The molecule has 114 valence electrons. The standard InChI is InChI=1S/C15H21ClN4O/c1-9-14-11(16)8-13(17-15(14)19(3)18-9)20-7-5-6-12(21-4)10(20)2/h8,10,12H,5-7H2,1-4H3/t10-,12-/m1/s1. The van der Waals surface area contributed by atoms with Crippen molar-refractivity contribution in [1.82, 2.24) is 14.8 Å². The molecule has 21 heavy (non-hydrogen) atoms. The first-order valence-corrected chi connectivity index (χ1v) is 7.70. The molecule has 1 saturated heterocycles. The maximum absolute atomic E-state index is 6.47. The largest absolute Gasteiger partial charge is 0.379 e. The second kappa shape index (κ2) is 5.46. The number of nitrogens with zero attached hydrogens (tertiary/aromatic N) is 4. The predicted octanol–water partition coefficient (Wildman–Crippen LogP) is 2.93. The number of fused-ring (bicyclic) bond motifs is 1. The Morgan fingerprint density at radius 2 is 2.19 bits per heavy atom. The molecule has 2 aromatic rings. The first-order valence-electron chi connectivity index (χ1n) is 7.32. The summed E-state index contributed by atoms with van der Waals surface area (Å²) in [6.07, 6.45) is 2.43. The van der Waals surface area contributed by atoms with E-state index >= 15 is 0 Å². The fraction of sp³-hybridized carbons (Fsp3) is 0.600. The molecule has 0 amide bonds. The number of methoxy groups -OCH3 is 1. The quantitative estimate of drug-likeness (QED) is 0.855. The van der Waals surface area contributed by atoms with Crippen molar-refractivity contribution in [2.75, 3.05) is 18.6 Å². The van der Waals surface area contributed by atoms with Gasteiger partial charge in [0.2, 0.25) is 0 Å². The van der Waals surface area contributed by atoms with Crippen molar-refractivity contribution < 1.29 is 4.74 Å². The fourth-order valence-corrected chi connectivity index (χ4v) is 3.59. The number of hydrogen-bond donors (Lipinski definition) is 0. The summed E-state index contributed by atoms with van der Waals surface area (Å²) in [6, 6.07) is 2.24. The Morgan fingerprint density at radius 3 is 2.90 bits per heavy atom. The summed E-state index contributed by atoms with van der Waals surface area (Å²) < 4.78 is 7.37. The SMILES string of the molecule is CO[C@@H]1CCCN(c2cc(Cl)c3c(C)nn(C)c3n2)[C@@H]1C. The van der Waals surface area contributed by atoms with E-state index in [0.717, 1.165) is 41.9 Å². The van der Waals surface area contributed by atoms with Crippen LogP contribution in [0.2, 0.25) is 5.02 Å². The molecule has 0 N–H and O–H groups in total. The number of pyridine rings is 1. The van der Waals surface area contributed by atoms with Gasteiger partial charge in [-0.05, 0) is 26.7 Å². The molecule has 1 aliphatic heterocycles. The fourth-order valence-electron chi connectivity index (χ4n) is 3.27. The van der Waals surface area contributed by atoms with E-state index in [-0.39, 0.29) is 6.10 Å². The molecule has 3 heterocycles. The van der Waals surface area contributed by atoms with Crippen LogP contribution in [-0.2, 0) is 11.8 Å². The third-order valence-electron chi connectivity index (χ3n) is 4.42. The van der Waals surface area contributed by atoms with Crippen molar-refractivity contribution in [3.05, 3.63) is 16.8 Å². The average molecular weight is 309 g/mol. The van der Waals surface area contributed by atoms with Gasteiger partial charge in [0.1, 0.15) is 5.82 Å². The van der Waals surface area contributed by atoms with E-state index in [4.69, 9.17) is 21.3 Å². The van der Waals surface area contributed by atoms with Crippen molar-refractivity contribution in [1.29, 1.82) is 0 Å². The summed E-state index contributed by atoms with van der Waals surface area (Å²) in [5.41, 5.74) is 1.75. The van der Waals surface area contributed by atoms with Gasteiger partial charge in [0, 0.05) is 26.8 Å². The lowest BCUT2D eigenvalue weighted by Crippen LogP contribution is -2.47. The van der Waals surface area contributed by atoms with Gasteiger partial charge < -0.3 is 9.64 Å². The monoisotopic (exact) mass is 308 g/mol. The highest BCUT2D eigenvalue weighted by Crippen LogP contribution is 2.32. The van der Waals surface area contributed by atoms with E-state index in [1.165, 1.54) is 0 Å². The normalized spacial score (nSPS) is 23.0. The summed E-state index contributed by atoms with van der Waals surface area (Å²) in [5.74, 6) is 0.907. The maximum Gasteiger partial charge on any atom is 0.161 e. The Hall–Kier alpha value is -1.33. The number of halogens is 1. The number of rotatable bonds is 2. The highest BCUT2D eigenvalue weighted by molar-refractivity contribution is 6.35. The van der Waals surface area contributed by atoms with Gasteiger partial charge in [-0.3, -0.25) is 4.68 Å². The summed E-state index contributed by atoms with van der Waals surface area (Å²) in [5, 5.41) is 6.07. The molecule has 1 fully saturated rings. The van der Waals surface area contributed by atoms with Crippen LogP contribution in [0.5, 0.6) is 0 Å². The zero-order valence-corrected chi connectivity index (χ0v) is 13.7. The molecule has 0 bridgehead atoms. The second-order valence-electron chi connectivity index (χ2n) is 5.72. The van der Waals surface area contributed by atoms with Gasteiger partial charge >= 0.3 is 0 Å². The lowest BCUT2D eigenvalue weighted by molar-refractivity contribution is 0.0626. The van der Waals surface area contributed by atoms with E-state index < -0.39 is 0 Å². The van der Waals surface area contributed by atoms with Crippen LogP contribution in [0.15, 0.2) is 6.07 Å². The van der Waals surface area contributed by atoms with Gasteiger partial charge in [0.25, 0.3) is 0 Å². The Kier molecular flexibility index (Phi) is 3.80. The molecule has 0 saturated carbocycles. The van der Waals surface area contributed by atoms with Crippen LogP contribution < -0.4 is 4.90 Å². The summed E-state index contributed by atoms with van der Waals surface area (Å²) in [7, 11) is 3.68. The average Bonchev–Trinajstić information content (AvgIpc) is 2.74. The van der Waals surface area contributed by atoms with Crippen LogP contribution >= 0.6 is 11.6 Å². The van der Waals surface area contributed by atoms with Crippen molar-refractivity contribution in [2.45, 2.75) is 38.8 Å². The van der Waals surface area contributed by atoms with Crippen molar-refractivity contribution in [2.24, 2.45) is 7.05 Å². The summed E-state index contributed by atoms with van der Waals surface area (Å²) in [6.45, 7) is 5.12. The number of hydrogen-bond acceptors (Lipinski definition) is 4. The Morgan fingerprint density at radius 1 is 1.43 bits per heavy atom. The van der Waals surface area contributed by atoms with Crippen LogP contribution in [0.4, 0.5) is 5.82 Å². The van der Waals surface area contributed by atoms with Gasteiger partial charge in [-0.2, -0.15) is 5.10 Å². The summed E-state index contributed by atoms with van der Waals surface area (Å²) in [4.78, 5) is 7.07. The molecule has 2 aromatic heterocycles. The molecule has 6 heteroatoms. The van der Waals surface area contributed by atoms with Gasteiger partial charge in [-0.25, -0.2) is 4.98 Å². The zero-order chi connectivity index (χ0) is 15.1. The molecule has 0 spiro atoms. The second-order valence-corrected chi connectivity index (χ2v) is 6.13. The van der Waals surface area contributed by atoms with Crippen LogP contribution in [0.25, 0.3) is 11.0 Å².